The van der Waals surface area contributed by atoms with Gasteiger partial charge in [-0.2, -0.15) is 10.2 Å². The second-order valence-electron chi connectivity index (χ2n) is 6.32. The summed E-state index contributed by atoms with van der Waals surface area (Å²) in [6.07, 6.45) is 7.41. The quantitative estimate of drug-likeness (QED) is 0.727. The molecule has 1 saturated carbocycles. The molecule has 0 aliphatic heterocycles. The van der Waals surface area contributed by atoms with Crippen LogP contribution in [0.3, 0.4) is 0 Å². The van der Waals surface area contributed by atoms with Gasteiger partial charge >= 0.3 is 0 Å². The van der Waals surface area contributed by atoms with Gasteiger partial charge in [-0.25, -0.2) is 9.50 Å². The smallest absolute Gasteiger partial charge is 0.272 e. The number of halogens is 1. The van der Waals surface area contributed by atoms with Crippen LogP contribution in [-0.2, 0) is 6.54 Å². The van der Waals surface area contributed by atoms with Gasteiger partial charge in [0.1, 0.15) is 0 Å². The number of aliphatic hydroxyl groups is 1. The number of hydrogen-bond acceptors (Lipinski definition) is 5. The van der Waals surface area contributed by atoms with Crippen LogP contribution in [0.1, 0.15) is 23.3 Å². The molecule has 1 fully saturated rings. The number of carbonyl (C=O) groups is 1. The highest BCUT2D eigenvalue weighted by molar-refractivity contribution is 6.30. The van der Waals surface area contributed by atoms with E-state index < -0.39 is 6.10 Å². The molecular formula is C16H17ClN6O2. The van der Waals surface area contributed by atoms with E-state index >= 15 is 0 Å². The first-order valence-electron chi connectivity index (χ1n) is 8.06. The molecule has 0 bridgehead atoms. The van der Waals surface area contributed by atoms with Crippen molar-refractivity contribution in [2.75, 3.05) is 0 Å². The van der Waals surface area contributed by atoms with Gasteiger partial charge in [-0.3, -0.25) is 9.48 Å². The summed E-state index contributed by atoms with van der Waals surface area (Å²) in [4.78, 5) is 16.6. The first-order chi connectivity index (χ1) is 12.1. The Morgan fingerprint density at radius 2 is 2.32 bits per heavy atom. The fraction of sp³-hybridized carbons (Fsp3) is 0.375. The summed E-state index contributed by atoms with van der Waals surface area (Å²) < 4.78 is 3.31. The maximum Gasteiger partial charge on any atom is 0.272 e. The van der Waals surface area contributed by atoms with Gasteiger partial charge in [0.2, 0.25) is 0 Å². The average Bonchev–Trinajstić information content (AvgIpc) is 3.27. The molecule has 0 aromatic carbocycles. The number of nitrogens with zero attached hydrogens (tertiary/aromatic N) is 5. The predicted octanol–water partition coefficient (Wildman–Crippen LogP) is 1.15. The molecule has 3 aromatic heterocycles. The molecule has 2 N–H and O–H groups in total. The van der Waals surface area contributed by atoms with Gasteiger partial charge in [-0.05, 0) is 24.8 Å². The number of rotatable bonds is 4. The highest BCUT2D eigenvalue weighted by atomic mass is 35.5. The lowest BCUT2D eigenvalue weighted by molar-refractivity contribution is 0.0867. The minimum Gasteiger partial charge on any atom is -0.391 e. The largest absolute Gasteiger partial charge is 0.391 e. The number of nitrogens with one attached hydrogen (secondary N) is 1. The van der Waals surface area contributed by atoms with Crippen molar-refractivity contribution in [3.63, 3.8) is 0 Å². The number of amides is 1. The van der Waals surface area contributed by atoms with Crippen molar-refractivity contribution in [1.82, 2.24) is 29.7 Å². The van der Waals surface area contributed by atoms with Crippen LogP contribution in [0, 0.1) is 5.92 Å². The van der Waals surface area contributed by atoms with Gasteiger partial charge in [0.15, 0.2) is 11.3 Å². The van der Waals surface area contributed by atoms with E-state index in [1.54, 1.807) is 46.1 Å². The van der Waals surface area contributed by atoms with Gasteiger partial charge in [0, 0.05) is 31.2 Å². The normalized spacial score (nSPS) is 23.2. The predicted molar refractivity (Wildman–Crippen MR) is 90.2 cm³/mol. The van der Waals surface area contributed by atoms with E-state index in [1.807, 2.05) is 0 Å². The molecule has 1 unspecified atom stereocenters. The first-order valence-corrected chi connectivity index (χ1v) is 8.43. The zero-order valence-corrected chi connectivity index (χ0v) is 14.0. The van der Waals surface area contributed by atoms with Crippen LogP contribution >= 0.6 is 11.6 Å². The van der Waals surface area contributed by atoms with Crippen LogP contribution in [-0.4, -0.2) is 47.5 Å². The van der Waals surface area contributed by atoms with E-state index in [1.165, 1.54) is 0 Å². The summed E-state index contributed by atoms with van der Waals surface area (Å²) in [6, 6.07) is 3.07. The molecule has 0 spiro atoms. The minimum absolute atomic E-state index is 0.221. The third-order valence-electron chi connectivity index (χ3n) is 4.46. The van der Waals surface area contributed by atoms with E-state index in [9.17, 15) is 9.90 Å². The fourth-order valence-electron chi connectivity index (χ4n) is 3.31. The maximum atomic E-state index is 12.4. The van der Waals surface area contributed by atoms with Gasteiger partial charge < -0.3 is 10.4 Å². The zero-order chi connectivity index (χ0) is 17.4. The van der Waals surface area contributed by atoms with Gasteiger partial charge in [0.05, 0.1) is 23.4 Å². The van der Waals surface area contributed by atoms with Gasteiger partial charge in [-0.1, -0.05) is 11.6 Å². The number of fused-ring (bicyclic) bond motifs is 1. The van der Waals surface area contributed by atoms with Crippen molar-refractivity contribution < 1.29 is 9.90 Å². The lowest BCUT2D eigenvalue weighted by Crippen LogP contribution is -2.40. The molecule has 130 valence electrons. The van der Waals surface area contributed by atoms with Crippen LogP contribution in [0.2, 0.25) is 5.02 Å². The third-order valence-corrected chi connectivity index (χ3v) is 4.65. The summed E-state index contributed by atoms with van der Waals surface area (Å²) in [7, 11) is 0. The number of hydrogen-bond donors (Lipinski definition) is 2. The number of aromatic nitrogens is 5. The Morgan fingerprint density at radius 1 is 1.44 bits per heavy atom. The lowest BCUT2D eigenvalue weighted by Gasteiger charge is -2.15. The molecule has 8 nitrogen and oxygen atoms in total. The number of aliphatic hydroxyl groups excluding tert-OH is 1. The van der Waals surface area contributed by atoms with Crippen molar-refractivity contribution in [2.24, 2.45) is 5.92 Å². The summed E-state index contributed by atoms with van der Waals surface area (Å²) in [5, 5.41) is 22.1. The first kappa shape index (κ1) is 16.0. The zero-order valence-electron chi connectivity index (χ0n) is 13.3. The van der Waals surface area contributed by atoms with Crippen molar-refractivity contribution in [3.05, 3.63) is 47.6 Å². The molecule has 1 aliphatic carbocycles. The van der Waals surface area contributed by atoms with E-state index in [-0.39, 0.29) is 23.6 Å². The van der Waals surface area contributed by atoms with Crippen LogP contribution in [0.5, 0.6) is 0 Å². The highest BCUT2D eigenvalue weighted by Crippen LogP contribution is 2.28. The van der Waals surface area contributed by atoms with E-state index in [0.29, 0.717) is 30.1 Å². The monoisotopic (exact) mass is 360 g/mol. The summed E-state index contributed by atoms with van der Waals surface area (Å²) in [5.41, 5.74) is 0.890. The standard InChI is InChI=1S/C16H17ClN6O2/c17-11-7-19-22(9-11)8-10-4-12(14(24)5-10)20-16(25)13-6-15-18-2-1-3-23(15)21-13/h1-3,6-7,9-10,12,14,24H,4-5,8H2,(H,20,25)/t10?,12-,14-/m1/s1. The van der Waals surface area contributed by atoms with Crippen molar-refractivity contribution in [3.8, 4) is 0 Å². The highest BCUT2D eigenvalue weighted by Gasteiger charge is 2.34. The second-order valence-corrected chi connectivity index (χ2v) is 6.75. The van der Waals surface area contributed by atoms with Crippen LogP contribution in [0.4, 0.5) is 0 Å². The SMILES string of the molecule is O=C(N[C@@H]1CC(Cn2cc(Cl)cn2)C[C@H]1O)c1cc2ncccn2n1. The Morgan fingerprint density at radius 3 is 3.08 bits per heavy atom. The van der Waals surface area contributed by atoms with E-state index in [2.05, 4.69) is 20.5 Å². The molecule has 9 heteroatoms. The average molecular weight is 361 g/mol. The third kappa shape index (κ3) is 3.35. The van der Waals surface area contributed by atoms with Gasteiger partial charge in [-0.15, -0.1) is 0 Å². The van der Waals surface area contributed by atoms with E-state index in [4.69, 9.17) is 11.6 Å². The Hall–Kier alpha value is -2.45. The Kier molecular flexibility index (Phi) is 4.14. The van der Waals surface area contributed by atoms with Crippen LogP contribution in [0.15, 0.2) is 36.9 Å². The van der Waals surface area contributed by atoms with Crippen molar-refractivity contribution >= 4 is 23.2 Å². The molecule has 3 heterocycles. The molecule has 3 atom stereocenters. The van der Waals surface area contributed by atoms with Crippen molar-refractivity contribution in [2.45, 2.75) is 31.5 Å². The molecule has 0 saturated heterocycles. The van der Waals surface area contributed by atoms with Crippen molar-refractivity contribution in [1.29, 1.82) is 0 Å². The molecular weight excluding hydrogens is 344 g/mol. The molecule has 25 heavy (non-hydrogen) atoms. The van der Waals surface area contributed by atoms with Crippen LogP contribution in [0.25, 0.3) is 5.65 Å². The summed E-state index contributed by atoms with van der Waals surface area (Å²) in [5.74, 6) is -0.0867. The van der Waals surface area contributed by atoms with Gasteiger partial charge in [0.25, 0.3) is 5.91 Å². The number of carbonyl (C=O) groups excluding carboxylic acids is 1. The van der Waals surface area contributed by atoms with E-state index in [0.717, 1.165) is 0 Å². The Balaban J connectivity index is 1.40. The lowest BCUT2D eigenvalue weighted by atomic mass is 10.1. The van der Waals surface area contributed by atoms with Crippen LogP contribution < -0.4 is 5.32 Å². The molecule has 4 rings (SSSR count). The second kappa shape index (κ2) is 6.45. The topological polar surface area (TPSA) is 97.3 Å². The summed E-state index contributed by atoms with van der Waals surface area (Å²) >= 11 is 5.87. The fourth-order valence-corrected chi connectivity index (χ4v) is 3.46. The Bertz CT molecular complexity index is 874. The Labute approximate surface area is 148 Å². The summed E-state index contributed by atoms with van der Waals surface area (Å²) in [6.45, 7) is 0.661. The molecule has 3 aromatic rings. The maximum absolute atomic E-state index is 12.4. The molecule has 0 radical (unpaired) electrons. The minimum atomic E-state index is -0.588. The molecule has 1 aliphatic rings. The molecule has 1 amide bonds.